The summed E-state index contributed by atoms with van der Waals surface area (Å²) in [5.41, 5.74) is 6.68. The molecule has 1 aliphatic rings. The number of nitrogens with zero attached hydrogens (tertiary/aromatic N) is 1. The topological polar surface area (TPSA) is 30.7 Å². The van der Waals surface area contributed by atoms with Gasteiger partial charge in [0, 0.05) is 11.8 Å². The molecule has 0 saturated heterocycles. The molecule has 0 aliphatic heterocycles. The second kappa shape index (κ2) is 8.68. The molecule has 3 heteroatoms. The molecule has 0 amide bonds. The van der Waals surface area contributed by atoms with Gasteiger partial charge >= 0.3 is 0 Å². The van der Waals surface area contributed by atoms with E-state index in [0.717, 1.165) is 57.6 Å². The van der Waals surface area contributed by atoms with E-state index in [-0.39, 0.29) is 5.78 Å². The van der Waals surface area contributed by atoms with Gasteiger partial charge in [-0.2, -0.15) is 0 Å². The van der Waals surface area contributed by atoms with Crippen molar-refractivity contribution in [1.29, 1.82) is 0 Å². The Kier molecular flexibility index (Phi) is 5.23. The Morgan fingerprint density at radius 2 is 1.53 bits per heavy atom. The first-order valence-corrected chi connectivity index (χ1v) is 11.8. The van der Waals surface area contributed by atoms with Crippen molar-refractivity contribution >= 4 is 11.3 Å². The number of hydrogen-bond acceptors (Lipinski definition) is 2. The molecule has 166 valence electrons. The maximum absolute atomic E-state index is 14.1. The van der Waals surface area contributed by atoms with Gasteiger partial charge in [0.1, 0.15) is 12.4 Å². The van der Waals surface area contributed by atoms with Gasteiger partial charge in [-0.3, -0.25) is 4.79 Å². The monoisotopic (exact) mass is 443 g/mol. The predicted molar refractivity (Wildman–Crippen MR) is 135 cm³/mol. The fraction of sp³-hybridized carbons (Fsp3) is 0.129. The number of benzene rings is 3. The van der Waals surface area contributed by atoms with Crippen LogP contribution in [0.25, 0.3) is 16.6 Å². The van der Waals surface area contributed by atoms with Gasteiger partial charge in [-0.15, -0.1) is 0 Å². The molecule has 34 heavy (non-hydrogen) atoms. The van der Waals surface area contributed by atoms with E-state index in [2.05, 4.69) is 30.3 Å². The van der Waals surface area contributed by atoms with Crippen molar-refractivity contribution in [3.63, 3.8) is 0 Å². The maximum atomic E-state index is 14.1. The minimum absolute atomic E-state index is 0.0570. The smallest absolute Gasteiger partial charge is 0.210 e. The van der Waals surface area contributed by atoms with Gasteiger partial charge in [-0.1, -0.05) is 84.9 Å². The highest BCUT2D eigenvalue weighted by Crippen LogP contribution is 2.44. The normalized spacial score (nSPS) is 13.2. The molecule has 0 spiro atoms. The molecule has 3 nitrogen and oxygen atoms in total. The molecule has 2 heterocycles. The van der Waals surface area contributed by atoms with Crippen molar-refractivity contribution in [3.8, 4) is 16.9 Å². The largest absolute Gasteiger partial charge is 0.487 e. The summed E-state index contributed by atoms with van der Waals surface area (Å²) < 4.78 is 8.25. The average Bonchev–Trinajstić information content (AvgIpc) is 3.68. The zero-order chi connectivity index (χ0) is 22.9. The van der Waals surface area contributed by atoms with Crippen molar-refractivity contribution in [1.82, 2.24) is 4.40 Å². The molecule has 6 rings (SSSR count). The van der Waals surface area contributed by atoms with Crippen molar-refractivity contribution in [2.24, 2.45) is 0 Å². The van der Waals surface area contributed by atoms with E-state index in [0.29, 0.717) is 12.5 Å². The zero-order valence-corrected chi connectivity index (χ0v) is 18.9. The highest BCUT2D eigenvalue weighted by Gasteiger charge is 2.32. The second-order valence-corrected chi connectivity index (χ2v) is 8.87. The van der Waals surface area contributed by atoms with E-state index in [1.807, 2.05) is 83.4 Å². The molecule has 2 aromatic heterocycles. The third kappa shape index (κ3) is 3.80. The lowest BCUT2D eigenvalue weighted by Crippen LogP contribution is -2.09. The van der Waals surface area contributed by atoms with Crippen LogP contribution in [-0.2, 0) is 6.61 Å². The Hall–Kier alpha value is -4.11. The number of rotatable bonds is 7. The van der Waals surface area contributed by atoms with Gasteiger partial charge in [0.05, 0.1) is 11.2 Å². The van der Waals surface area contributed by atoms with Crippen molar-refractivity contribution in [2.75, 3.05) is 0 Å². The minimum Gasteiger partial charge on any atom is -0.487 e. The quantitative estimate of drug-likeness (QED) is 0.247. The summed E-state index contributed by atoms with van der Waals surface area (Å²) in [6.45, 7) is 0.491. The number of aromatic nitrogens is 1. The van der Waals surface area contributed by atoms with E-state index in [1.165, 1.54) is 0 Å². The van der Waals surface area contributed by atoms with Gasteiger partial charge in [-0.25, -0.2) is 0 Å². The number of carbonyl (C=O) groups is 1. The first-order valence-electron chi connectivity index (χ1n) is 11.8. The molecule has 0 atom stereocenters. The Labute approximate surface area is 199 Å². The Balaban J connectivity index is 1.44. The molecule has 0 bridgehead atoms. The van der Waals surface area contributed by atoms with Crippen LogP contribution >= 0.6 is 0 Å². The highest BCUT2D eigenvalue weighted by molar-refractivity contribution is 6.13. The number of pyridine rings is 1. The van der Waals surface area contributed by atoms with Crippen LogP contribution in [0, 0.1) is 0 Å². The van der Waals surface area contributed by atoms with E-state index in [9.17, 15) is 4.79 Å². The SMILES string of the molecule is O=C(c1ccccc1-c1ccccc1)c1c(C2CC2)cc2c(OCc3ccccc3)cccn12. The molecular weight excluding hydrogens is 418 g/mol. The summed E-state index contributed by atoms with van der Waals surface area (Å²) >= 11 is 0. The van der Waals surface area contributed by atoms with Gasteiger partial charge in [0.2, 0.25) is 5.78 Å². The van der Waals surface area contributed by atoms with Crippen LogP contribution in [-0.4, -0.2) is 10.2 Å². The van der Waals surface area contributed by atoms with Crippen molar-refractivity contribution < 1.29 is 9.53 Å². The summed E-state index contributed by atoms with van der Waals surface area (Å²) in [6, 6.07) is 34.3. The lowest BCUT2D eigenvalue weighted by atomic mass is 9.94. The van der Waals surface area contributed by atoms with Crippen LogP contribution in [0.3, 0.4) is 0 Å². The van der Waals surface area contributed by atoms with Gasteiger partial charge in [0.15, 0.2) is 0 Å². The van der Waals surface area contributed by atoms with Gasteiger partial charge in [-0.05, 0) is 59.2 Å². The molecule has 0 N–H and O–H groups in total. The van der Waals surface area contributed by atoms with E-state index < -0.39 is 0 Å². The molecule has 3 aromatic carbocycles. The summed E-state index contributed by atoms with van der Waals surface area (Å²) in [4.78, 5) is 14.1. The fourth-order valence-corrected chi connectivity index (χ4v) is 4.67. The standard InChI is InChI=1S/C31H25NO2/c33-31(26-15-8-7-14-25(26)23-12-5-2-6-13-23)30-27(24-17-18-24)20-28-29(16-9-19-32(28)30)34-21-22-10-3-1-4-11-22/h1-16,19-20,24H,17-18,21H2. The van der Waals surface area contributed by atoms with E-state index in [1.54, 1.807) is 0 Å². The Morgan fingerprint density at radius 3 is 2.29 bits per heavy atom. The van der Waals surface area contributed by atoms with Crippen LogP contribution in [0.2, 0.25) is 0 Å². The van der Waals surface area contributed by atoms with E-state index >= 15 is 0 Å². The molecule has 5 aromatic rings. The Bertz CT molecular complexity index is 1460. The van der Waals surface area contributed by atoms with Crippen LogP contribution in [0.15, 0.2) is 109 Å². The molecule has 1 aliphatic carbocycles. The van der Waals surface area contributed by atoms with Crippen LogP contribution in [0.5, 0.6) is 5.75 Å². The summed E-state index contributed by atoms with van der Waals surface area (Å²) in [6.07, 6.45) is 4.23. The maximum Gasteiger partial charge on any atom is 0.210 e. The summed E-state index contributed by atoms with van der Waals surface area (Å²) in [5.74, 6) is 1.29. The first-order chi connectivity index (χ1) is 16.8. The van der Waals surface area contributed by atoms with Crippen molar-refractivity contribution in [3.05, 3.63) is 132 Å². The second-order valence-electron chi connectivity index (χ2n) is 8.87. The van der Waals surface area contributed by atoms with E-state index in [4.69, 9.17) is 4.74 Å². The predicted octanol–water partition coefficient (Wildman–Crippen LogP) is 7.29. The van der Waals surface area contributed by atoms with Crippen LogP contribution < -0.4 is 4.74 Å². The lowest BCUT2D eigenvalue weighted by Gasteiger charge is -2.12. The molecular formula is C31H25NO2. The average molecular weight is 444 g/mol. The molecule has 1 saturated carbocycles. The number of ether oxygens (including phenoxy) is 1. The number of hydrogen-bond donors (Lipinski definition) is 0. The first kappa shape index (κ1) is 20.5. The number of fused-ring (bicyclic) bond motifs is 1. The lowest BCUT2D eigenvalue weighted by molar-refractivity contribution is 0.103. The summed E-state index contributed by atoms with van der Waals surface area (Å²) in [7, 11) is 0. The zero-order valence-electron chi connectivity index (χ0n) is 18.9. The fourth-order valence-electron chi connectivity index (χ4n) is 4.67. The third-order valence-corrected chi connectivity index (χ3v) is 6.53. The number of carbonyl (C=O) groups excluding carboxylic acids is 1. The Morgan fingerprint density at radius 1 is 0.824 bits per heavy atom. The van der Waals surface area contributed by atoms with Crippen LogP contribution in [0.4, 0.5) is 0 Å². The number of ketones is 1. The molecule has 0 radical (unpaired) electrons. The van der Waals surface area contributed by atoms with Crippen molar-refractivity contribution in [2.45, 2.75) is 25.4 Å². The summed E-state index contributed by atoms with van der Waals surface area (Å²) in [5, 5.41) is 0. The van der Waals surface area contributed by atoms with Crippen LogP contribution in [0.1, 0.15) is 45.9 Å². The highest BCUT2D eigenvalue weighted by atomic mass is 16.5. The van der Waals surface area contributed by atoms with Gasteiger partial charge < -0.3 is 9.14 Å². The minimum atomic E-state index is 0.0570. The molecule has 1 fully saturated rings. The third-order valence-electron chi connectivity index (χ3n) is 6.53. The van der Waals surface area contributed by atoms with Gasteiger partial charge in [0.25, 0.3) is 0 Å². The molecule has 0 unspecified atom stereocenters.